The summed E-state index contributed by atoms with van der Waals surface area (Å²) in [5.74, 6) is -0.697. The monoisotopic (exact) mass is 286 g/mol. The normalized spacial score (nSPS) is 10.7. The number of hydrogen-bond donors (Lipinski definition) is 0. The maximum atomic E-state index is 13.2. The zero-order valence-corrected chi connectivity index (χ0v) is 11.5. The maximum Gasteiger partial charge on any atom is 0.259 e. The van der Waals surface area contributed by atoms with Crippen molar-refractivity contribution in [3.05, 3.63) is 59.9 Å². The second-order valence-electron chi connectivity index (χ2n) is 4.34. The summed E-state index contributed by atoms with van der Waals surface area (Å²) in [6.45, 7) is 0. The van der Waals surface area contributed by atoms with Crippen molar-refractivity contribution in [1.82, 2.24) is 4.98 Å². The number of benzene rings is 2. The van der Waals surface area contributed by atoms with Crippen LogP contribution >= 0.6 is 11.3 Å². The van der Waals surface area contributed by atoms with Crippen molar-refractivity contribution in [3.63, 3.8) is 0 Å². The van der Waals surface area contributed by atoms with E-state index in [4.69, 9.17) is 0 Å². The second kappa shape index (κ2) is 5.02. The Morgan fingerprint density at radius 2 is 2.00 bits per heavy atom. The van der Waals surface area contributed by atoms with Gasteiger partial charge in [-0.2, -0.15) is 0 Å². The van der Waals surface area contributed by atoms with Gasteiger partial charge < -0.3 is 0 Å². The van der Waals surface area contributed by atoms with Crippen LogP contribution in [-0.4, -0.2) is 17.9 Å². The zero-order chi connectivity index (χ0) is 14.1. The van der Waals surface area contributed by atoms with E-state index in [1.165, 1.54) is 34.4 Å². The minimum atomic E-state index is -0.423. The smallest absolute Gasteiger partial charge is 0.259 e. The number of nitrogens with zero attached hydrogens (tertiary/aromatic N) is 2. The van der Waals surface area contributed by atoms with Crippen molar-refractivity contribution in [2.45, 2.75) is 0 Å². The molecule has 0 saturated carbocycles. The summed E-state index contributed by atoms with van der Waals surface area (Å²) in [7, 11) is 1.64. The van der Waals surface area contributed by atoms with Crippen molar-refractivity contribution in [2.75, 3.05) is 11.9 Å². The fraction of sp³-hybridized carbons (Fsp3) is 0.0667. The van der Waals surface area contributed by atoms with Crippen LogP contribution in [0.5, 0.6) is 0 Å². The van der Waals surface area contributed by atoms with Gasteiger partial charge in [-0.15, -0.1) is 0 Å². The maximum absolute atomic E-state index is 13.2. The lowest BCUT2D eigenvalue weighted by Crippen LogP contribution is -2.26. The molecule has 0 spiro atoms. The van der Waals surface area contributed by atoms with Crippen LogP contribution in [0.25, 0.3) is 10.2 Å². The number of anilines is 1. The van der Waals surface area contributed by atoms with Gasteiger partial charge in [0.1, 0.15) is 5.82 Å². The Hall–Kier alpha value is -2.27. The number of para-hydroxylation sites is 1. The van der Waals surface area contributed by atoms with E-state index in [1.54, 1.807) is 13.1 Å². The number of amides is 1. The topological polar surface area (TPSA) is 33.2 Å². The predicted molar refractivity (Wildman–Crippen MR) is 78.8 cm³/mol. The fourth-order valence-corrected chi connectivity index (χ4v) is 2.83. The molecule has 100 valence electrons. The SMILES string of the molecule is CN(C(=O)c1cccc(F)c1)c1nc2ccccc2s1. The van der Waals surface area contributed by atoms with Crippen LogP contribution < -0.4 is 4.90 Å². The van der Waals surface area contributed by atoms with E-state index in [2.05, 4.69) is 4.98 Å². The number of thiazole rings is 1. The fourth-order valence-electron chi connectivity index (χ4n) is 1.91. The van der Waals surface area contributed by atoms with Gasteiger partial charge in [0.05, 0.1) is 10.2 Å². The standard InChI is InChI=1S/C15H11FN2OS/c1-18(14(19)10-5-4-6-11(16)9-10)15-17-12-7-2-3-8-13(12)20-15/h2-9H,1H3. The van der Waals surface area contributed by atoms with E-state index < -0.39 is 5.82 Å². The van der Waals surface area contributed by atoms with E-state index in [9.17, 15) is 9.18 Å². The number of carbonyl (C=O) groups is 1. The van der Waals surface area contributed by atoms with Gasteiger partial charge in [-0.3, -0.25) is 9.69 Å². The molecule has 20 heavy (non-hydrogen) atoms. The van der Waals surface area contributed by atoms with Crippen LogP contribution in [-0.2, 0) is 0 Å². The van der Waals surface area contributed by atoms with E-state index in [0.717, 1.165) is 10.2 Å². The summed E-state index contributed by atoms with van der Waals surface area (Å²) < 4.78 is 14.2. The Kier molecular flexibility index (Phi) is 3.20. The molecule has 0 saturated heterocycles. The molecule has 1 heterocycles. The van der Waals surface area contributed by atoms with Gasteiger partial charge in [0.15, 0.2) is 5.13 Å². The molecule has 3 rings (SSSR count). The Balaban J connectivity index is 1.95. The predicted octanol–water partition coefficient (Wildman–Crippen LogP) is 3.71. The molecule has 0 atom stereocenters. The lowest BCUT2D eigenvalue weighted by Gasteiger charge is -2.13. The van der Waals surface area contributed by atoms with Gasteiger partial charge in [0.25, 0.3) is 5.91 Å². The summed E-state index contributed by atoms with van der Waals surface area (Å²) in [6.07, 6.45) is 0. The van der Waals surface area contributed by atoms with Crippen LogP contribution in [0, 0.1) is 5.82 Å². The van der Waals surface area contributed by atoms with Gasteiger partial charge in [-0.1, -0.05) is 29.5 Å². The van der Waals surface area contributed by atoms with E-state index in [-0.39, 0.29) is 5.91 Å². The van der Waals surface area contributed by atoms with Crippen LogP contribution in [0.3, 0.4) is 0 Å². The summed E-state index contributed by atoms with van der Waals surface area (Å²) in [6, 6.07) is 13.3. The van der Waals surface area contributed by atoms with E-state index in [0.29, 0.717) is 10.7 Å². The molecule has 3 nitrogen and oxygen atoms in total. The van der Waals surface area contributed by atoms with Gasteiger partial charge >= 0.3 is 0 Å². The molecule has 2 aromatic carbocycles. The Bertz CT molecular complexity index is 751. The lowest BCUT2D eigenvalue weighted by atomic mass is 10.2. The minimum Gasteiger partial charge on any atom is -0.287 e. The molecule has 0 radical (unpaired) electrons. The first-order valence-electron chi connectivity index (χ1n) is 6.04. The summed E-state index contributed by atoms with van der Waals surface area (Å²) in [4.78, 5) is 18.2. The van der Waals surface area contributed by atoms with Crippen molar-refractivity contribution < 1.29 is 9.18 Å². The molecule has 0 N–H and O–H groups in total. The third-order valence-corrected chi connectivity index (χ3v) is 4.06. The first-order valence-corrected chi connectivity index (χ1v) is 6.86. The highest BCUT2D eigenvalue weighted by molar-refractivity contribution is 7.22. The molecular formula is C15H11FN2OS. The molecule has 0 aliphatic carbocycles. The summed E-state index contributed by atoms with van der Waals surface area (Å²) >= 11 is 1.43. The van der Waals surface area contributed by atoms with Gasteiger partial charge in [-0.05, 0) is 30.3 Å². The molecule has 3 aromatic rings. The highest BCUT2D eigenvalue weighted by Gasteiger charge is 2.17. The number of halogens is 1. The first-order chi connectivity index (χ1) is 9.65. The number of carbonyl (C=O) groups excluding carboxylic acids is 1. The Labute approximate surface area is 119 Å². The zero-order valence-electron chi connectivity index (χ0n) is 10.7. The highest BCUT2D eigenvalue weighted by Crippen LogP contribution is 2.28. The largest absolute Gasteiger partial charge is 0.287 e. The molecule has 0 bridgehead atoms. The molecule has 0 fully saturated rings. The average molecular weight is 286 g/mol. The van der Waals surface area contributed by atoms with Crippen molar-refractivity contribution in [1.29, 1.82) is 0 Å². The first kappa shape index (κ1) is 12.7. The molecule has 5 heteroatoms. The van der Waals surface area contributed by atoms with E-state index >= 15 is 0 Å². The van der Waals surface area contributed by atoms with Crippen molar-refractivity contribution in [3.8, 4) is 0 Å². The molecule has 1 amide bonds. The molecule has 0 aliphatic heterocycles. The molecule has 0 unspecified atom stereocenters. The van der Waals surface area contributed by atoms with Gasteiger partial charge in [0, 0.05) is 12.6 Å². The average Bonchev–Trinajstić information content (AvgIpc) is 2.89. The Morgan fingerprint density at radius 3 is 2.75 bits per heavy atom. The second-order valence-corrected chi connectivity index (χ2v) is 5.35. The third kappa shape index (κ3) is 2.28. The number of aromatic nitrogens is 1. The third-order valence-electron chi connectivity index (χ3n) is 2.95. The molecule has 0 aliphatic rings. The number of hydrogen-bond acceptors (Lipinski definition) is 3. The highest BCUT2D eigenvalue weighted by atomic mass is 32.1. The van der Waals surface area contributed by atoms with Gasteiger partial charge in [0.2, 0.25) is 0 Å². The van der Waals surface area contributed by atoms with Gasteiger partial charge in [-0.25, -0.2) is 9.37 Å². The van der Waals surface area contributed by atoms with Crippen molar-refractivity contribution >= 4 is 32.6 Å². The van der Waals surface area contributed by atoms with Crippen LogP contribution in [0.4, 0.5) is 9.52 Å². The lowest BCUT2D eigenvalue weighted by molar-refractivity contribution is 0.0992. The van der Waals surface area contributed by atoms with E-state index in [1.807, 2.05) is 24.3 Å². The Morgan fingerprint density at radius 1 is 1.20 bits per heavy atom. The molecule has 1 aromatic heterocycles. The van der Waals surface area contributed by atoms with Crippen LogP contribution in [0.15, 0.2) is 48.5 Å². The summed E-state index contributed by atoms with van der Waals surface area (Å²) in [5, 5.41) is 0.598. The summed E-state index contributed by atoms with van der Waals surface area (Å²) in [5.41, 5.74) is 1.16. The minimum absolute atomic E-state index is 0.274. The van der Waals surface area contributed by atoms with Crippen LogP contribution in [0.2, 0.25) is 0 Å². The number of fused-ring (bicyclic) bond motifs is 1. The molecular weight excluding hydrogens is 275 g/mol. The number of rotatable bonds is 2. The van der Waals surface area contributed by atoms with Crippen LogP contribution in [0.1, 0.15) is 10.4 Å². The van der Waals surface area contributed by atoms with Crippen molar-refractivity contribution in [2.24, 2.45) is 0 Å². The quantitative estimate of drug-likeness (QED) is 0.719.